The van der Waals surface area contributed by atoms with E-state index in [4.69, 9.17) is 10.2 Å². The number of benzene rings is 2. The summed E-state index contributed by atoms with van der Waals surface area (Å²) >= 11 is 0. The molecule has 2 aromatic carbocycles. The molecule has 32 heavy (non-hydrogen) atoms. The summed E-state index contributed by atoms with van der Waals surface area (Å²) in [5, 5.41) is 11.8. The van der Waals surface area contributed by atoms with Crippen LogP contribution in [0.25, 0.3) is 11.0 Å². The van der Waals surface area contributed by atoms with Crippen LogP contribution in [0, 0.1) is 17.6 Å². The predicted octanol–water partition coefficient (Wildman–Crippen LogP) is 3.27. The molecule has 9 heteroatoms. The Balaban J connectivity index is 1.58. The van der Waals surface area contributed by atoms with Gasteiger partial charge in [0.15, 0.2) is 11.4 Å². The van der Waals surface area contributed by atoms with Crippen LogP contribution < -0.4 is 11.1 Å². The van der Waals surface area contributed by atoms with Crippen LogP contribution in [0.5, 0.6) is 0 Å². The van der Waals surface area contributed by atoms with Crippen molar-refractivity contribution >= 4 is 28.5 Å². The SMILES string of the molecule is NC(=O)c1oc2c(F)cc(F)cc2c1NC(=O)c1cccc(CN2CCCC(CO)C2)c1. The van der Waals surface area contributed by atoms with Crippen LogP contribution in [0.2, 0.25) is 0 Å². The monoisotopic (exact) mass is 443 g/mol. The van der Waals surface area contributed by atoms with Gasteiger partial charge in [-0.05, 0) is 49.1 Å². The van der Waals surface area contributed by atoms with Crippen molar-refractivity contribution in [3.63, 3.8) is 0 Å². The van der Waals surface area contributed by atoms with Crippen molar-refractivity contribution in [1.82, 2.24) is 4.90 Å². The Kier molecular flexibility index (Phi) is 6.20. The summed E-state index contributed by atoms with van der Waals surface area (Å²) in [6.07, 6.45) is 2.00. The van der Waals surface area contributed by atoms with Gasteiger partial charge in [0.25, 0.3) is 11.8 Å². The molecule has 1 atom stereocenters. The van der Waals surface area contributed by atoms with Crippen molar-refractivity contribution in [2.45, 2.75) is 19.4 Å². The fourth-order valence-electron chi connectivity index (χ4n) is 4.12. The van der Waals surface area contributed by atoms with Gasteiger partial charge in [-0.15, -0.1) is 0 Å². The second-order valence-corrected chi connectivity index (χ2v) is 8.02. The summed E-state index contributed by atoms with van der Waals surface area (Å²) in [6.45, 7) is 2.47. The average Bonchev–Trinajstić information content (AvgIpc) is 3.13. The number of fused-ring (bicyclic) bond motifs is 1. The smallest absolute Gasteiger partial charge is 0.286 e. The molecule has 2 heterocycles. The molecule has 1 saturated heterocycles. The summed E-state index contributed by atoms with van der Waals surface area (Å²) in [4.78, 5) is 26.9. The van der Waals surface area contributed by atoms with Crippen LogP contribution >= 0.6 is 0 Å². The second-order valence-electron chi connectivity index (χ2n) is 8.02. The van der Waals surface area contributed by atoms with Crippen LogP contribution in [0.4, 0.5) is 14.5 Å². The number of primary amides is 1. The highest BCUT2D eigenvalue weighted by Gasteiger charge is 2.24. The first-order valence-corrected chi connectivity index (χ1v) is 10.3. The molecule has 1 fully saturated rings. The zero-order valence-electron chi connectivity index (χ0n) is 17.2. The fourth-order valence-corrected chi connectivity index (χ4v) is 4.12. The number of nitrogens with zero attached hydrogens (tertiary/aromatic N) is 1. The maximum Gasteiger partial charge on any atom is 0.286 e. The lowest BCUT2D eigenvalue weighted by Gasteiger charge is -2.31. The highest BCUT2D eigenvalue weighted by molar-refractivity contribution is 6.14. The molecule has 0 aliphatic carbocycles. The van der Waals surface area contributed by atoms with Gasteiger partial charge in [0.2, 0.25) is 5.76 Å². The van der Waals surface area contributed by atoms with Gasteiger partial charge in [-0.25, -0.2) is 8.78 Å². The van der Waals surface area contributed by atoms with Gasteiger partial charge in [-0.1, -0.05) is 12.1 Å². The minimum Gasteiger partial charge on any atom is -0.446 e. The lowest BCUT2D eigenvalue weighted by atomic mass is 9.98. The van der Waals surface area contributed by atoms with Crippen molar-refractivity contribution < 1.29 is 27.9 Å². The van der Waals surface area contributed by atoms with Crippen molar-refractivity contribution in [1.29, 1.82) is 0 Å². The number of amides is 2. The summed E-state index contributed by atoms with van der Waals surface area (Å²) in [7, 11) is 0. The van der Waals surface area contributed by atoms with Gasteiger partial charge >= 0.3 is 0 Å². The third-order valence-corrected chi connectivity index (χ3v) is 5.63. The number of aliphatic hydroxyl groups excluding tert-OH is 1. The molecular weight excluding hydrogens is 420 g/mol. The summed E-state index contributed by atoms with van der Waals surface area (Å²) in [6, 6.07) is 8.53. The van der Waals surface area contributed by atoms with Crippen molar-refractivity contribution in [2.75, 3.05) is 25.0 Å². The molecule has 4 N–H and O–H groups in total. The number of halogens is 2. The minimum atomic E-state index is -1.02. The number of likely N-dealkylation sites (tertiary alicyclic amines) is 1. The van der Waals surface area contributed by atoms with E-state index >= 15 is 0 Å². The molecule has 4 rings (SSSR count). The number of nitrogens with two attached hydrogens (primary N) is 1. The van der Waals surface area contributed by atoms with Crippen LogP contribution in [0.1, 0.15) is 39.3 Å². The van der Waals surface area contributed by atoms with Gasteiger partial charge in [0.1, 0.15) is 11.5 Å². The molecule has 0 spiro atoms. The molecule has 0 bridgehead atoms. The number of nitrogens with one attached hydrogen (secondary N) is 1. The first kappa shape index (κ1) is 21.9. The number of hydrogen-bond donors (Lipinski definition) is 3. The molecule has 3 aromatic rings. The van der Waals surface area contributed by atoms with E-state index in [1.54, 1.807) is 18.2 Å². The zero-order valence-corrected chi connectivity index (χ0v) is 17.2. The van der Waals surface area contributed by atoms with Gasteiger partial charge in [-0.2, -0.15) is 0 Å². The summed E-state index contributed by atoms with van der Waals surface area (Å²) in [5.41, 5.74) is 5.97. The first-order chi connectivity index (χ1) is 15.4. The maximum atomic E-state index is 14.1. The Morgan fingerprint density at radius 2 is 2.06 bits per heavy atom. The molecule has 7 nitrogen and oxygen atoms in total. The Morgan fingerprint density at radius 3 is 2.81 bits per heavy atom. The largest absolute Gasteiger partial charge is 0.446 e. The van der Waals surface area contributed by atoms with E-state index in [9.17, 15) is 23.5 Å². The van der Waals surface area contributed by atoms with Crippen LogP contribution in [0.15, 0.2) is 40.8 Å². The normalized spacial score (nSPS) is 16.9. The zero-order chi connectivity index (χ0) is 22.8. The van der Waals surface area contributed by atoms with Crippen molar-refractivity contribution in [3.8, 4) is 0 Å². The molecule has 1 aliphatic rings. The van der Waals surface area contributed by atoms with Gasteiger partial charge in [-0.3, -0.25) is 14.5 Å². The van der Waals surface area contributed by atoms with E-state index in [1.807, 2.05) is 6.07 Å². The minimum absolute atomic E-state index is 0.0934. The highest BCUT2D eigenvalue weighted by atomic mass is 19.1. The summed E-state index contributed by atoms with van der Waals surface area (Å²) in [5.74, 6) is -3.70. The van der Waals surface area contributed by atoms with Gasteiger partial charge in [0, 0.05) is 31.3 Å². The lowest BCUT2D eigenvalue weighted by Crippen LogP contribution is -2.36. The molecule has 1 aromatic heterocycles. The average molecular weight is 443 g/mol. The van der Waals surface area contributed by atoms with E-state index in [0.717, 1.165) is 37.6 Å². The number of furan rings is 1. The van der Waals surface area contributed by atoms with Crippen molar-refractivity contribution in [3.05, 3.63) is 64.9 Å². The van der Waals surface area contributed by atoms with Gasteiger partial charge < -0.3 is 20.6 Å². The standard InChI is InChI=1S/C23H23F2N3O4/c24-16-8-17-19(21(22(26)30)32-20(17)18(25)9-16)27-23(31)15-5-1-3-13(7-15)10-28-6-2-4-14(11-28)12-29/h1,3,5,7-9,14,29H,2,4,6,10-12H2,(H2,26,30)(H,27,31). The van der Waals surface area contributed by atoms with E-state index in [2.05, 4.69) is 10.2 Å². The Bertz CT molecular complexity index is 1180. The number of carbonyl (C=O) groups is 2. The molecule has 0 radical (unpaired) electrons. The molecule has 168 valence electrons. The molecule has 1 unspecified atom stereocenters. The molecule has 0 saturated carbocycles. The number of piperidine rings is 1. The molecular formula is C23H23F2N3O4. The Hall–Kier alpha value is -3.30. The third-order valence-electron chi connectivity index (χ3n) is 5.63. The van der Waals surface area contributed by atoms with E-state index in [0.29, 0.717) is 18.2 Å². The maximum absolute atomic E-state index is 14.1. The number of anilines is 1. The number of aliphatic hydroxyl groups is 1. The quantitative estimate of drug-likeness (QED) is 0.542. The second kappa shape index (κ2) is 9.05. The Labute approximate surface area is 182 Å². The van der Waals surface area contributed by atoms with Crippen molar-refractivity contribution in [2.24, 2.45) is 11.7 Å². The number of carbonyl (C=O) groups excluding carboxylic acids is 2. The summed E-state index contributed by atoms with van der Waals surface area (Å²) < 4.78 is 33.0. The molecule has 2 amide bonds. The van der Waals surface area contributed by atoms with E-state index in [-0.39, 0.29) is 29.2 Å². The number of hydrogen-bond acceptors (Lipinski definition) is 5. The van der Waals surface area contributed by atoms with Crippen LogP contribution in [-0.2, 0) is 6.54 Å². The predicted molar refractivity (Wildman–Crippen MR) is 114 cm³/mol. The molecule has 1 aliphatic heterocycles. The van der Waals surface area contributed by atoms with E-state index < -0.39 is 29.2 Å². The van der Waals surface area contributed by atoms with Crippen LogP contribution in [0.3, 0.4) is 0 Å². The highest BCUT2D eigenvalue weighted by Crippen LogP contribution is 2.33. The van der Waals surface area contributed by atoms with Crippen LogP contribution in [-0.4, -0.2) is 41.5 Å². The topological polar surface area (TPSA) is 109 Å². The van der Waals surface area contributed by atoms with Gasteiger partial charge in [0.05, 0.1) is 5.39 Å². The van der Waals surface area contributed by atoms with E-state index in [1.165, 1.54) is 0 Å². The third kappa shape index (κ3) is 4.49. The fraction of sp³-hybridized carbons (Fsp3) is 0.304. The Morgan fingerprint density at radius 1 is 1.25 bits per heavy atom. The lowest BCUT2D eigenvalue weighted by molar-refractivity contribution is 0.0977. The first-order valence-electron chi connectivity index (χ1n) is 10.3. The number of rotatable bonds is 6.